The highest BCUT2D eigenvalue weighted by atomic mass is 32.1. The molecule has 0 saturated carbocycles. The number of phenolic OH excluding ortho intramolecular Hbond substituents is 1. The van der Waals surface area contributed by atoms with Crippen molar-refractivity contribution in [3.05, 3.63) is 35.1 Å². The fourth-order valence-electron chi connectivity index (χ4n) is 2.02. The molecule has 1 saturated heterocycles. The molecule has 2 rings (SSSR count). The molecule has 0 unspecified atom stereocenters. The second-order valence-electron chi connectivity index (χ2n) is 6.17. The van der Waals surface area contributed by atoms with Crippen molar-refractivity contribution >= 4 is 25.8 Å². The van der Waals surface area contributed by atoms with E-state index in [1.54, 1.807) is 6.08 Å². The third-order valence-electron chi connectivity index (χ3n) is 4.06. The number of rotatable bonds is 3. The summed E-state index contributed by atoms with van der Waals surface area (Å²) in [6, 6.07) is 3.90. The van der Waals surface area contributed by atoms with Crippen molar-refractivity contribution < 1.29 is 18.8 Å². The smallest absolute Gasteiger partial charge is 0.491 e. The van der Waals surface area contributed by atoms with Crippen LogP contribution in [0.2, 0.25) is 0 Å². The molecule has 1 fully saturated rings. The molecule has 0 aromatic heterocycles. The lowest BCUT2D eigenvalue weighted by molar-refractivity contribution is 0.00578. The fraction of sp³-hybridized carbons (Fsp3) is 0.467. The Labute approximate surface area is 130 Å². The Morgan fingerprint density at radius 1 is 1.29 bits per heavy atom. The van der Waals surface area contributed by atoms with Crippen molar-refractivity contribution in [2.24, 2.45) is 0 Å². The van der Waals surface area contributed by atoms with Gasteiger partial charge in [-0.25, -0.2) is 4.39 Å². The van der Waals surface area contributed by atoms with Crippen LogP contribution in [0.3, 0.4) is 0 Å². The summed E-state index contributed by atoms with van der Waals surface area (Å²) in [4.78, 5) is 0. The third-order valence-corrected chi connectivity index (χ3v) is 4.42. The first-order valence-corrected chi connectivity index (χ1v) is 7.45. The van der Waals surface area contributed by atoms with Gasteiger partial charge in [0.05, 0.1) is 11.2 Å². The van der Waals surface area contributed by atoms with Gasteiger partial charge in [-0.3, -0.25) is 0 Å². The minimum absolute atomic E-state index is 0.00934. The number of hydrogen-bond acceptors (Lipinski definition) is 4. The number of halogens is 1. The van der Waals surface area contributed by atoms with Gasteiger partial charge in [0.25, 0.3) is 0 Å². The van der Waals surface area contributed by atoms with Crippen LogP contribution in [0.1, 0.15) is 33.3 Å². The molecule has 0 aliphatic carbocycles. The summed E-state index contributed by atoms with van der Waals surface area (Å²) in [5.74, 6) is -0.0370. The molecule has 0 radical (unpaired) electrons. The van der Waals surface area contributed by atoms with Crippen molar-refractivity contribution in [1.82, 2.24) is 0 Å². The summed E-state index contributed by atoms with van der Waals surface area (Å²) in [6.45, 7) is 7.83. The van der Waals surface area contributed by atoms with Crippen LogP contribution >= 0.6 is 12.6 Å². The van der Waals surface area contributed by atoms with Gasteiger partial charge in [0.15, 0.2) is 0 Å². The van der Waals surface area contributed by atoms with Crippen LogP contribution < -0.4 is 0 Å². The molecule has 1 heterocycles. The number of aromatic hydroxyl groups is 1. The lowest BCUT2D eigenvalue weighted by Crippen LogP contribution is -2.41. The molecule has 0 amide bonds. The molecule has 1 aliphatic heterocycles. The molecule has 1 aromatic rings. The minimum atomic E-state index is -0.575. The predicted octanol–water partition coefficient (Wildman–Crippen LogP) is 3.48. The van der Waals surface area contributed by atoms with Crippen LogP contribution in [0.25, 0.3) is 6.08 Å². The second-order valence-corrected chi connectivity index (χ2v) is 6.49. The molecule has 0 atom stereocenters. The highest BCUT2D eigenvalue weighted by molar-refractivity contribution is 7.80. The van der Waals surface area contributed by atoms with Crippen molar-refractivity contribution in [2.75, 3.05) is 5.75 Å². The zero-order valence-corrected chi connectivity index (χ0v) is 13.6. The summed E-state index contributed by atoms with van der Waals surface area (Å²) < 4.78 is 25.7. The number of thiol groups is 1. The lowest BCUT2D eigenvalue weighted by Gasteiger charge is -2.32. The van der Waals surface area contributed by atoms with E-state index in [0.717, 1.165) is 0 Å². The van der Waals surface area contributed by atoms with Crippen molar-refractivity contribution in [3.8, 4) is 5.75 Å². The van der Waals surface area contributed by atoms with Crippen LogP contribution in [-0.2, 0) is 9.31 Å². The second kappa shape index (κ2) is 5.67. The van der Waals surface area contributed by atoms with Gasteiger partial charge in [-0.2, -0.15) is 12.6 Å². The van der Waals surface area contributed by atoms with Gasteiger partial charge in [0.2, 0.25) is 0 Å². The number of phenols is 1. The van der Waals surface area contributed by atoms with E-state index in [2.05, 4.69) is 12.6 Å². The van der Waals surface area contributed by atoms with Gasteiger partial charge < -0.3 is 14.4 Å². The molecular formula is C15H20BFO3S. The largest absolute Gasteiger partial charge is 0.508 e. The molecule has 1 aliphatic rings. The zero-order valence-electron chi connectivity index (χ0n) is 12.7. The van der Waals surface area contributed by atoms with Gasteiger partial charge in [0, 0.05) is 11.3 Å². The van der Waals surface area contributed by atoms with Crippen molar-refractivity contribution in [3.63, 3.8) is 0 Å². The van der Waals surface area contributed by atoms with E-state index < -0.39 is 24.1 Å². The molecular weight excluding hydrogens is 290 g/mol. The van der Waals surface area contributed by atoms with E-state index in [0.29, 0.717) is 11.2 Å². The monoisotopic (exact) mass is 310 g/mol. The Hall–Kier alpha value is -0.975. The van der Waals surface area contributed by atoms with Gasteiger partial charge in [-0.05, 0) is 51.4 Å². The first-order chi connectivity index (χ1) is 9.66. The van der Waals surface area contributed by atoms with Crippen molar-refractivity contribution in [2.45, 2.75) is 38.9 Å². The minimum Gasteiger partial charge on any atom is -0.508 e. The average molecular weight is 310 g/mol. The standard InChI is InChI=1S/C15H20BFO3S/c1-14(2)15(3,4)20-16(19-14)11(9-21)7-10-8-12(18)5-6-13(10)17/h5-8,18,21H,9H2,1-4H3. The van der Waals surface area contributed by atoms with Gasteiger partial charge in [-0.15, -0.1) is 0 Å². The van der Waals surface area contributed by atoms with E-state index in [9.17, 15) is 9.50 Å². The Balaban J connectivity index is 2.33. The first-order valence-electron chi connectivity index (χ1n) is 6.82. The summed E-state index contributed by atoms with van der Waals surface area (Å²) in [5.41, 5.74) is 0.0731. The van der Waals surface area contributed by atoms with Gasteiger partial charge >= 0.3 is 7.12 Å². The Bertz CT molecular complexity index is 556. The van der Waals surface area contributed by atoms with Crippen molar-refractivity contribution in [1.29, 1.82) is 0 Å². The SMILES string of the molecule is CC1(C)OB(C(=Cc2cc(O)ccc2F)CS)OC1(C)C. The number of hydrogen-bond donors (Lipinski definition) is 2. The molecule has 1 N–H and O–H groups in total. The van der Waals surface area contributed by atoms with Crippen LogP contribution in [0.5, 0.6) is 5.75 Å². The summed E-state index contributed by atoms with van der Waals surface area (Å²) >= 11 is 4.28. The molecule has 21 heavy (non-hydrogen) atoms. The maximum absolute atomic E-state index is 13.8. The van der Waals surface area contributed by atoms with E-state index in [-0.39, 0.29) is 11.3 Å². The van der Waals surface area contributed by atoms with Crippen LogP contribution in [0, 0.1) is 5.82 Å². The van der Waals surface area contributed by atoms with Crippen LogP contribution in [-0.4, -0.2) is 29.2 Å². The average Bonchev–Trinajstić information content (AvgIpc) is 2.59. The van der Waals surface area contributed by atoms with E-state index in [1.807, 2.05) is 27.7 Å². The summed E-state index contributed by atoms with van der Waals surface area (Å²) in [6.07, 6.45) is 1.62. The molecule has 0 bridgehead atoms. The normalized spacial score (nSPS) is 20.9. The Morgan fingerprint density at radius 3 is 2.38 bits per heavy atom. The molecule has 114 valence electrons. The molecule has 1 aromatic carbocycles. The predicted molar refractivity (Wildman–Crippen MR) is 86.0 cm³/mol. The molecule has 3 nitrogen and oxygen atoms in total. The first kappa shape index (κ1) is 16.4. The maximum Gasteiger partial charge on any atom is 0.491 e. The Kier molecular flexibility index (Phi) is 4.43. The fourth-order valence-corrected chi connectivity index (χ4v) is 2.26. The molecule has 6 heteroatoms. The van der Waals surface area contributed by atoms with Gasteiger partial charge in [-0.1, -0.05) is 6.08 Å². The quantitative estimate of drug-likeness (QED) is 0.663. The highest BCUT2D eigenvalue weighted by Crippen LogP contribution is 2.39. The maximum atomic E-state index is 13.8. The van der Waals surface area contributed by atoms with E-state index in [4.69, 9.17) is 9.31 Å². The third kappa shape index (κ3) is 3.28. The topological polar surface area (TPSA) is 38.7 Å². The summed E-state index contributed by atoms with van der Waals surface area (Å²) in [5, 5.41) is 9.48. The molecule has 0 spiro atoms. The van der Waals surface area contributed by atoms with Crippen LogP contribution in [0.4, 0.5) is 4.39 Å². The Morgan fingerprint density at radius 2 is 1.86 bits per heavy atom. The van der Waals surface area contributed by atoms with E-state index in [1.165, 1.54) is 18.2 Å². The van der Waals surface area contributed by atoms with Gasteiger partial charge in [0.1, 0.15) is 11.6 Å². The zero-order chi connectivity index (χ0) is 15.8. The number of benzene rings is 1. The summed E-state index contributed by atoms with van der Waals surface area (Å²) in [7, 11) is -0.575. The van der Waals surface area contributed by atoms with E-state index >= 15 is 0 Å². The lowest BCUT2D eigenvalue weighted by atomic mass is 9.78. The highest BCUT2D eigenvalue weighted by Gasteiger charge is 2.52. The van der Waals surface area contributed by atoms with Crippen LogP contribution in [0.15, 0.2) is 23.7 Å².